The van der Waals surface area contributed by atoms with Crippen LogP contribution >= 0.6 is 11.3 Å². The number of nitrogens with zero attached hydrogens (tertiary/aromatic N) is 2. The standard InChI is InChI=1S/C28H31F2N3OS/c1-18(27-19(2)32-20(3)35-27)31-14-21-4-6-22(7-5-21)15-33-11-10-23-12-26(9-8-24(23)16-33)34-17-25-13-28(25,29)30/h4-9,12,25,31H,1,10-11,13-17H2,2-3H3. The van der Waals surface area contributed by atoms with Crippen molar-refractivity contribution in [3.05, 3.63) is 86.9 Å². The summed E-state index contributed by atoms with van der Waals surface area (Å²) < 4.78 is 31.8. The second-order valence-corrected chi connectivity index (χ2v) is 10.9. The van der Waals surface area contributed by atoms with Crippen LogP contribution in [0.1, 0.15) is 44.3 Å². The number of rotatable bonds is 9. The van der Waals surface area contributed by atoms with Crippen LogP contribution < -0.4 is 10.1 Å². The van der Waals surface area contributed by atoms with Gasteiger partial charge in [-0.05, 0) is 54.7 Å². The molecule has 5 rings (SSSR count). The van der Waals surface area contributed by atoms with Crippen molar-refractivity contribution in [3.63, 3.8) is 0 Å². The average Bonchev–Trinajstić information content (AvgIpc) is 3.31. The van der Waals surface area contributed by atoms with Crippen LogP contribution in [0.2, 0.25) is 0 Å². The smallest absolute Gasteiger partial charge is 0.255 e. The van der Waals surface area contributed by atoms with Crippen LogP contribution in [-0.4, -0.2) is 29.0 Å². The molecule has 0 saturated heterocycles. The van der Waals surface area contributed by atoms with Crippen LogP contribution in [0.25, 0.3) is 5.70 Å². The van der Waals surface area contributed by atoms with Gasteiger partial charge in [-0.2, -0.15) is 0 Å². The summed E-state index contributed by atoms with van der Waals surface area (Å²) in [4.78, 5) is 8.04. The molecule has 1 saturated carbocycles. The minimum absolute atomic E-state index is 0.0496. The summed E-state index contributed by atoms with van der Waals surface area (Å²) in [6.45, 7) is 11.8. The molecule has 184 valence electrons. The number of ether oxygens (including phenoxy) is 1. The molecule has 0 amide bonds. The van der Waals surface area contributed by atoms with Crippen LogP contribution in [-0.2, 0) is 26.1 Å². The van der Waals surface area contributed by atoms with Crippen molar-refractivity contribution in [1.82, 2.24) is 15.2 Å². The third-order valence-electron chi connectivity index (χ3n) is 6.79. The molecule has 3 aromatic rings. The van der Waals surface area contributed by atoms with Gasteiger partial charge in [-0.1, -0.05) is 36.9 Å². The summed E-state index contributed by atoms with van der Waals surface area (Å²) >= 11 is 1.67. The summed E-state index contributed by atoms with van der Waals surface area (Å²) in [5, 5.41) is 4.48. The van der Waals surface area contributed by atoms with E-state index in [0.29, 0.717) is 5.75 Å². The lowest BCUT2D eigenvalue weighted by atomic mass is 9.99. The SMILES string of the molecule is C=C(NCc1ccc(CN2CCc3cc(OCC4CC4(F)F)ccc3C2)cc1)c1sc(C)nc1C. The lowest BCUT2D eigenvalue weighted by molar-refractivity contribution is 0.0856. The Kier molecular flexibility index (Phi) is 6.64. The fourth-order valence-electron chi connectivity index (χ4n) is 4.58. The van der Waals surface area contributed by atoms with Gasteiger partial charge in [0.1, 0.15) is 5.75 Å². The Morgan fingerprint density at radius 1 is 1.17 bits per heavy atom. The molecule has 0 spiro atoms. The number of hydrogen-bond acceptors (Lipinski definition) is 5. The van der Waals surface area contributed by atoms with Gasteiger partial charge in [0.2, 0.25) is 0 Å². The molecule has 0 bridgehead atoms. The van der Waals surface area contributed by atoms with Gasteiger partial charge in [-0.3, -0.25) is 4.90 Å². The summed E-state index contributed by atoms with van der Waals surface area (Å²) in [5.41, 5.74) is 6.99. The van der Waals surface area contributed by atoms with Gasteiger partial charge in [0.15, 0.2) is 0 Å². The number of benzene rings is 2. The Bertz CT molecular complexity index is 1220. The van der Waals surface area contributed by atoms with Crippen molar-refractivity contribution < 1.29 is 13.5 Å². The molecule has 1 aliphatic heterocycles. The first-order chi connectivity index (χ1) is 16.8. The highest BCUT2D eigenvalue weighted by atomic mass is 32.1. The van der Waals surface area contributed by atoms with E-state index in [1.807, 2.05) is 26.0 Å². The van der Waals surface area contributed by atoms with Crippen LogP contribution in [0.5, 0.6) is 5.75 Å². The number of thiazole rings is 1. The van der Waals surface area contributed by atoms with Gasteiger partial charge >= 0.3 is 0 Å². The minimum atomic E-state index is -2.53. The third kappa shape index (κ3) is 5.73. The van der Waals surface area contributed by atoms with E-state index in [1.54, 1.807) is 11.3 Å². The first-order valence-electron chi connectivity index (χ1n) is 12.1. The summed E-state index contributed by atoms with van der Waals surface area (Å²) in [7, 11) is 0. The summed E-state index contributed by atoms with van der Waals surface area (Å²) in [6, 6.07) is 14.8. The van der Waals surface area contributed by atoms with Crippen molar-refractivity contribution in [3.8, 4) is 5.75 Å². The van der Waals surface area contributed by atoms with E-state index in [-0.39, 0.29) is 13.0 Å². The molecule has 4 nitrogen and oxygen atoms in total. The van der Waals surface area contributed by atoms with Gasteiger partial charge < -0.3 is 10.1 Å². The predicted molar refractivity (Wildman–Crippen MR) is 137 cm³/mol. The highest BCUT2D eigenvalue weighted by Gasteiger charge is 2.57. The lowest BCUT2D eigenvalue weighted by Gasteiger charge is -2.29. The molecule has 0 radical (unpaired) electrons. The fourth-order valence-corrected chi connectivity index (χ4v) is 5.45. The van der Waals surface area contributed by atoms with Crippen LogP contribution in [0.15, 0.2) is 49.0 Å². The molecule has 2 aromatic carbocycles. The maximum Gasteiger partial charge on any atom is 0.255 e. The third-order valence-corrected chi connectivity index (χ3v) is 7.92. The number of alkyl halides is 2. The number of hydrogen-bond donors (Lipinski definition) is 1. The molecular formula is C28H31F2N3OS. The first-order valence-corrected chi connectivity index (χ1v) is 12.9. The Hall–Kier alpha value is -2.77. The van der Waals surface area contributed by atoms with E-state index in [4.69, 9.17) is 4.74 Å². The molecule has 35 heavy (non-hydrogen) atoms. The van der Waals surface area contributed by atoms with E-state index < -0.39 is 11.8 Å². The van der Waals surface area contributed by atoms with Crippen LogP contribution in [0.4, 0.5) is 8.78 Å². The lowest BCUT2D eigenvalue weighted by Crippen LogP contribution is -2.30. The van der Waals surface area contributed by atoms with Gasteiger partial charge in [-0.15, -0.1) is 11.3 Å². The van der Waals surface area contributed by atoms with Crippen molar-refractivity contribution >= 4 is 17.0 Å². The van der Waals surface area contributed by atoms with Gasteiger partial charge in [-0.25, -0.2) is 13.8 Å². The number of halogens is 2. The highest BCUT2D eigenvalue weighted by molar-refractivity contribution is 7.12. The monoisotopic (exact) mass is 495 g/mol. The number of nitrogens with one attached hydrogen (secondary N) is 1. The van der Waals surface area contributed by atoms with Crippen LogP contribution in [0.3, 0.4) is 0 Å². The normalized spacial score (nSPS) is 18.7. The minimum Gasteiger partial charge on any atom is -0.493 e. The zero-order valence-corrected chi connectivity index (χ0v) is 21.1. The second kappa shape index (κ2) is 9.70. The summed E-state index contributed by atoms with van der Waals surface area (Å²) in [5.74, 6) is -2.45. The maximum absolute atomic E-state index is 13.1. The van der Waals surface area contributed by atoms with Gasteiger partial charge in [0.05, 0.1) is 28.1 Å². The predicted octanol–water partition coefficient (Wildman–Crippen LogP) is 6.11. The van der Waals surface area contributed by atoms with E-state index >= 15 is 0 Å². The summed E-state index contributed by atoms with van der Waals surface area (Å²) in [6.07, 6.45) is 0.888. The van der Waals surface area contributed by atoms with Crippen molar-refractivity contribution in [2.45, 2.75) is 52.2 Å². The molecule has 1 aromatic heterocycles. The molecule has 2 heterocycles. The molecule has 7 heteroatoms. The largest absolute Gasteiger partial charge is 0.493 e. The molecule has 1 N–H and O–H groups in total. The number of fused-ring (bicyclic) bond motifs is 1. The zero-order valence-electron chi connectivity index (χ0n) is 20.2. The number of aryl methyl sites for hydroxylation is 2. The quantitative estimate of drug-likeness (QED) is 0.389. The Morgan fingerprint density at radius 3 is 2.60 bits per heavy atom. The van der Waals surface area contributed by atoms with Crippen molar-refractivity contribution in [2.24, 2.45) is 5.92 Å². The van der Waals surface area contributed by atoms with Crippen molar-refractivity contribution in [2.75, 3.05) is 13.2 Å². The van der Waals surface area contributed by atoms with Gasteiger partial charge in [0.25, 0.3) is 5.92 Å². The van der Waals surface area contributed by atoms with E-state index in [9.17, 15) is 8.78 Å². The van der Waals surface area contributed by atoms with E-state index in [1.165, 1.54) is 22.3 Å². The van der Waals surface area contributed by atoms with E-state index in [2.05, 4.69) is 52.1 Å². The fraction of sp³-hybridized carbons (Fsp3) is 0.393. The number of aromatic nitrogens is 1. The van der Waals surface area contributed by atoms with Gasteiger partial charge in [0, 0.05) is 38.3 Å². The Labute approximate surface area is 209 Å². The zero-order chi connectivity index (χ0) is 24.6. The molecule has 1 fully saturated rings. The molecular weight excluding hydrogens is 464 g/mol. The van der Waals surface area contributed by atoms with E-state index in [0.717, 1.165) is 53.9 Å². The molecule has 2 aliphatic rings. The molecule has 1 atom stereocenters. The highest BCUT2D eigenvalue weighted by Crippen LogP contribution is 2.48. The Balaban J connectivity index is 1.11. The Morgan fingerprint density at radius 2 is 1.91 bits per heavy atom. The maximum atomic E-state index is 13.1. The first kappa shape index (κ1) is 23.9. The molecule has 1 aliphatic carbocycles. The van der Waals surface area contributed by atoms with Crippen LogP contribution in [0, 0.1) is 19.8 Å². The molecule has 1 unspecified atom stereocenters. The topological polar surface area (TPSA) is 37.4 Å². The van der Waals surface area contributed by atoms with Crippen molar-refractivity contribution in [1.29, 1.82) is 0 Å². The average molecular weight is 496 g/mol. The second-order valence-electron chi connectivity index (χ2n) is 9.66.